The Morgan fingerprint density at radius 2 is 2.45 bits per heavy atom. The van der Waals surface area contributed by atoms with Crippen molar-refractivity contribution in [3.8, 4) is 0 Å². The van der Waals surface area contributed by atoms with Crippen LogP contribution in [0.5, 0.6) is 0 Å². The summed E-state index contributed by atoms with van der Waals surface area (Å²) < 4.78 is 7.67. The average Bonchev–Trinajstić information content (AvgIpc) is 3.13. The first kappa shape index (κ1) is 13.4. The molecule has 0 radical (unpaired) electrons. The molecule has 2 aliphatic rings. The lowest BCUT2D eigenvalue weighted by Crippen LogP contribution is -2.47. The van der Waals surface area contributed by atoms with Gasteiger partial charge < -0.3 is 15.4 Å². The molecule has 0 saturated carbocycles. The van der Waals surface area contributed by atoms with Gasteiger partial charge in [0.05, 0.1) is 31.0 Å². The molecule has 3 atom stereocenters. The normalized spacial score (nSPS) is 28.9. The van der Waals surface area contributed by atoms with Gasteiger partial charge in [-0.15, -0.1) is 0 Å². The Hall–Kier alpha value is -1.56. The summed E-state index contributed by atoms with van der Waals surface area (Å²) in [7, 11) is 1.92. The number of guanidine groups is 1. The Bertz CT molecular complexity index is 484. The summed E-state index contributed by atoms with van der Waals surface area (Å²) in [6, 6.07) is 0.403. The average molecular weight is 277 g/mol. The number of rotatable bonds is 4. The third-order valence-corrected chi connectivity index (χ3v) is 3.95. The first-order valence-corrected chi connectivity index (χ1v) is 7.42. The number of nitrogens with one attached hydrogen (secondary N) is 2. The summed E-state index contributed by atoms with van der Waals surface area (Å²) in [6.45, 7) is 3.59. The Morgan fingerprint density at radius 3 is 3.05 bits per heavy atom. The number of ether oxygens (including phenoxy) is 1. The Morgan fingerprint density at radius 1 is 1.55 bits per heavy atom. The Kier molecular flexibility index (Phi) is 3.91. The molecule has 3 unspecified atom stereocenters. The fourth-order valence-electron chi connectivity index (χ4n) is 3.01. The zero-order valence-electron chi connectivity index (χ0n) is 12.2. The first-order chi connectivity index (χ1) is 9.74. The van der Waals surface area contributed by atoms with Crippen molar-refractivity contribution in [2.24, 2.45) is 12.0 Å². The van der Waals surface area contributed by atoms with Crippen LogP contribution < -0.4 is 10.6 Å². The molecular weight excluding hydrogens is 254 g/mol. The van der Waals surface area contributed by atoms with Crippen LogP contribution in [0.2, 0.25) is 0 Å². The second kappa shape index (κ2) is 5.83. The molecule has 0 amide bonds. The maximum atomic E-state index is 5.87. The van der Waals surface area contributed by atoms with Gasteiger partial charge in [0.15, 0.2) is 5.96 Å². The zero-order valence-corrected chi connectivity index (χ0v) is 12.2. The van der Waals surface area contributed by atoms with Crippen molar-refractivity contribution in [3.05, 3.63) is 18.0 Å². The van der Waals surface area contributed by atoms with E-state index in [0.29, 0.717) is 24.8 Å². The Labute approximate surface area is 119 Å². The molecule has 1 aromatic rings. The minimum atomic E-state index is 0.363. The Balaban J connectivity index is 1.59. The largest absolute Gasteiger partial charge is 0.373 e. The first-order valence-electron chi connectivity index (χ1n) is 7.42. The van der Waals surface area contributed by atoms with Gasteiger partial charge in [0.2, 0.25) is 0 Å². The molecule has 3 rings (SSSR count). The van der Waals surface area contributed by atoms with Crippen LogP contribution in [0.15, 0.2) is 17.4 Å². The van der Waals surface area contributed by atoms with E-state index in [1.807, 2.05) is 19.4 Å². The van der Waals surface area contributed by atoms with Gasteiger partial charge in [0.1, 0.15) is 0 Å². The SMILES string of the molecule is CCNC(=NCc1cnn(C)c1)NC1CC2CCC1O2. The third-order valence-electron chi connectivity index (χ3n) is 3.95. The molecule has 0 spiro atoms. The molecule has 0 aliphatic carbocycles. The van der Waals surface area contributed by atoms with Crippen LogP contribution >= 0.6 is 0 Å². The van der Waals surface area contributed by atoms with E-state index in [2.05, 4.69) is 27.6 Å². The number of fused-ring (bicyclic) bond motifs is 2. The molecule has 2 fully saturated rings. The van der Waals surface area contributed by atoms with E-state index in [-0.39, 0.29) is 0 Å². The summed E-state index contributed by atoms with van der Waals surface area (Å²) in [4.78, 5) is 4.63. The van der Waals surface area contributed by atoms with Crippen molar-refractivity contribution in [2.75, 3.05) is 6.54 Å². The van der Waals surface area contributed by atoms with Gasteiger partial charge in [0.25, 0.3) is 0 Å². The van der Waals surface area contributed by atoms with Crippen molar-refractivity contribution < 1.29 is 4.74 Å². The minimum absolute atomic E-state index is 0.363. The van der Waals surface area contributed by atoms with Gasteiger partial charge in [0, 0.05) is 25.4 Å². The summed E-state index contributed by atoms with van der Waals surface area (Å²) in [5.41, 5.74) is 1.12. The minimum Gasteiger partial charge on any atom is -0.373 e. The van der Waals surface area contributed by atoms with Gasteiger partial charge in [-0.3, -0.25) is 4.68 Å². The quantitative estimate of drug-likeness (QED) is 0.631. The number of hydrogen-bond donors (Lipinski definition) is 2. The van der Waals surface area contributed by atoms with Gasteiger partial charge in [-0.25, -0.2) is 4.99 Å². The number of aliphatic imine (C=N–C) groups is 1. The molecular formula is C14H23N5O. The van der Waals surface area contributed by atoms with Crippen molar-refractivity contribution >= 4 is 5.96 Å². The van der Waals surface area contributed by atoms with E-state index >= 15 is 0 Å². The van der Waals surface area contributed by atoms with Crippen LogP contribution in [0.3, 0.4) is 0 Å². The van der Waals surface area contributed by atoms with E-state index < -0.39 is 0 Å². The van der Waals surface area contributed by atoms with Crippen LogP contribution in [0.4, 0.5) is 0 Å². The second-order valence-corrected chi connectivity index (χ2v) is 5.58. The van der Waals surface area contributed by atoms with Crippen LogP contribution in [0.25, 0.3) is 0 Å². The maximum absolute atomic E-state index is 5.87. The number of aryl methyl sites for hydroxylation is 1. The van der Waals surface area contributed by atoms with E-state index in [9.17, 15) is 0 Å². The summed E-state index contributed by atoms with van der Waals surface area (Å²) >= 11 is 0. The molecule has 2 saturated heterocycles. The maximum Gasteiger partial charge on any atom is 0.191 e. The molecule has 3 heterocycles. The lowest BCUT2D eigenvalue weighted by atomic mass is 9.96. The number of nitrogens with zero attached hydrogens (tertiary/aromatic N) is 3. The van der Waals surface area contributed by atoms with E-state index in [1.165, 1.54) is 12.8 Å². The monoisotopic (exact) mass is 277 g/mol. The highest BCUT2D eigenvalue weighted by Gasteiger charge is 2.41. The molecule has 20 heavy (non-hydrogen) atoms. The predicted octanol–water partition coefficient (Wildman–Crippen LogP) is 0.795. The lowest BCUT2D eigenvalue weighted by Gasteiger charge is -2.22. The smallest absolute Gasteiger partial charge is 0.191 e. The van der Waals surface area contributed by atoms with Crippen LogP contribution in [-0.4, -0.2) is 40.5 Å². The second-order valence-electron chi connectivity index (χ2n) is 5.58. The highest BCUT2D eigenvalue weighted by molar-refractivity contribution is 5.80. The van der Waals surface area contributed by atoms with E-state index in [4.69, 9.17) is 4.74 Å². The number of hydrogen-bond acceptors (Lipinski definition) is 3. The predicted molar refractivity (Wildman–Crippen MR) is 77.5 cm³/mol. The highest BCUT2D eigenvalue weighted by atomic mass is 16.5. The van der Waals surface area contributed by atoms with Crippen LogP contribution in [0.1, 0.15) is 31.7 Å². The lowest BCUT2D eigenvalue weighted by molar-refractivity contribution is 0.0992. The summed E-state index contributed by atoms with van der Waals surface area (Å²) in [6.07, 6.45) is 8.15. The van der Waals surface area contributed by atoms with E-state index in [1.54, 1.807) is 4.68 Å². The molecule has 6 heteroatoms. The summed E-state index contributed by atoms with van der Waals surface area (Å²) in [5.74, 6) is 0.873. The molecule has 1 aromatic heterocycles. The van der Waals surface area contributed by atoms with Gasteiger partial charge in [-0.1, -0.05) is 0 Å². The highest BCUT2D eigenvalue weighted by Crippen LogP contribution is 2.34. The number of aromatic nitrogens is 2. The molecule has 2 aliphatic heterocycles. The fraction of sp³-hybridized carbons (Fsp3) is 0.714. The van der Waals surface area contributed by atoms with Crippen molar-refractivity contribution in [3.63, 3.8) is 0 Å². The van der Waals surface area contributed by atoms with Gasteiger partial charge >= 0.3 is 0 Å². The van der Waals surface area contributed by atoms with E-state index in [0.717, 1.165) is 24.5 Å². The molecule has 110 valence electrons. The van der Waals surface area contributed by atoms with Crippen molar-refractivity contribution in [1.29, 1.82) is 0 Å². The topological polar surface area (TPSA) is 63.5 Å². The zero-order chi connectivity index (χ0) is 13.9. The van der Waals surface area contributed by atoms with Crippen LogP contribution in [0, 0.1) is 0 Å². The fourth-order valence-corrected chi connectivity index (χ4v) is 3.01. The molecule has 2 bridgehead atoms. The molecule has 2 N–H and O–H groups in total. The third kappa shape index (κ3) is 2.95. The standard InChI is InChI=1S/C14H23N5O/c1-3-15-14(16-7-10-8-17-19(2)9-10)18-12-6-11-4-5-13(12)20-11/h8-9,11-13H,3-7H2,1-2H3,(H2,15,16,18). The van der Waals surface area contributed by atoms with Gasteiger partial charge in [-0.2, -0.15) is 5.10 Å². The van der Waals surface area contributed by atoms with Crippen LogP contribution in [-0.2, 0) is 18.3 Å². The molecule has 0 aromatic carbocycles. The summed E-state index contributed by atoms with van der Waals surface area (Å²) in [5, 5.41) is 11.0. The van der Waals surface area contributed by atoms with Crippen molar-refractivity contribution in [2.45, 2.75) is 51.0 Å². The van der Waals surface area contributed by atoms with Crippen molar-refractivity contribution in [1.82, 2.24) is 20.4 Å². The van der Waals surface area contributed by atoms with Gasteiger partial charge in [-0.05, 0) is 26.2 Å². The molecule has 6 nitrogen and oxygen atoms in total.